The zero-order valence-corrected chi connectivity index (χ0v) is 23.7. The van der Waals surface area contributed by atoms with Crippen molar-refractivity contribution in [1.29, 1.82) is 0 Å². The normalized spacial score (nSPS) is 11.5. The SMILES string of the molecule is Cc1ccc(-n2nc(C(C)(C)C)cc2NC(=O)NCc2cc(F)ccc2Oc2ccc3c(cnn3CC(=O)O)c2)cc1. The fraction of sp³-hybridized carbons (Fsp3) is 0.226. The topological polar surface area (TPSA) is 123 Å². The molecular weight excluding hydrogens is 539 g/mol. The lowest BCUT2D eigenvalue weighted by molar-refractivity contribution is -0.137. The van der Waals surface area contributed by atoms with Crippen LogP contribution in [0.4, 0.5) is 15.0 Å². The molecule has 0 saturated heterocycles. The summed E-state index contributed by atoms with van der Waals surface area (Å²) in [7, 11) is 0. The summed E-state index contributed by atoms with van der Waals surface area (Å²) >= 11 is 0. The van der Waals surface area contributed by atoms with Crippen LogP contribution in [0.1, 0.15) is 37.6 Å². The third kappa shape index (κ3) is 6.41. The molecule has 0 aliphatic carbocycles. The first-order chi connectivity index (χ1) is 20.0. The molecule has 0 bridgehead atoms. The highest BCUT2D eigenvalue weighted by atomic mass is 19.1. The van der Waals surface area contributed by atoms with Crippen molar-refractivity contribution in [3.05, 3.63) is 95.6 Å². The maximum absolute atomic E-state index is 14.2. The van der Waals surface area contributed by atoms with Crippen LogP contribution in [-0.2, 0) is 23.3 Å². The highest BCUT2D eigenvalue weighted by Gasteiger charge is 2.22. The number of carbonyl (C=O) groups is 2. The summed E-state index contributed by atoms with van der Waals surface area (Å²) in [6.45, 7) is 7.86. The minimum Gasteiger partial charge on any atom is -0.480 e. The lowest BCUT2D eigenvalue weighted by Crippen LogP contribution is -2.29. The number of benzene rings is 3. The monoisotopic (exact) mass is 570 g/mol. The number of aliphatic carboxylic acids is 1. The number of nitrogens with one attached hydrogen (secondary N) is 2. The van der Waals surface area contributed by atoms with Gasteiger partial charge in [-0.15, -0.1) is 0 Å². The molecule has 0 saturated carbocycles. The number of hydrogen-bond donors (Lipinski definition) is 3. The third-order valence-electron chi connectivity index (χ3n) is 6.59. The molecule has 2 amide bonds. The van der Waals surface area contributed by atoms with Crippen LogP contribution in [0.25, 0.3) is 16.6 Å². The Labute approximate surface area is 241 Å². The summed E-state index contributed by atoms with van der Waals surface area (Å²) in [6, 6.07) is 18.3. The van der Waals surface area contributed by atoms with Gasteiger partial charge < -0.3 is 15.2 Å². The van der Waals surface area contributed by atoms with Gasteiger partial charge in [0, 0.05) is 29.0 Å². The number of anilines is 1. The molecule has 11 heteroatoms. The summed E-state index contributed by atoms with van der Waals surface area (Å²) in [4.78, 5) is 24.1. The number of hydrogen-bond acceptors (Lipinski definition) is 5. The van der Waals surface area contributed by atoms with Crippen molar-refractivity contribution in [2.45, 2.75) is 46.2 Å². The van der Waals surface area contributed by atoms with Crippen LogP contribution in [-0.4, -0.2) is 36.7 Å². The first kappa shape index (κ1) is 28.3. The van der Waals surface area contributed by atoms with Crippen LogP contribution < -0.4 is 15.4 Å². The second-order valence-corrected chi connectivity index (χ2v) is 11.0. The van der Waals surface area contributed by atoms with Gasteiger partial charge in [-0.3, -0.25) is 14.8 Å². The van der Waals surface area contributed by atoms with E-state index in [1.807, 2.05) is 58.0 Å². The number of aryl methyl sites for hydroxylation is 1. The quantitative estimate of drug-likeness (QED) is 0.205. The van der Waals surface area contributed by atoms with E-state index in [0.29, 0.717) is 33.8 Å². The summed E-state index contributed by atoms with van der Waals surface area (Å²) in [6.07, 6.45) is 1.55. The van der Waals surface area contributed by atoms with E-state index in [1.165, 1.54) is 22.9 Å². The molecule has 0 aliphatic rings. The Morgan fingerprint density at radius 2 is 1.79 bits per heavy atom. The molecule has 0 unspecified atom stereocenters. The van der Waals surface area contributed by atoms with Crippen LogP contribution in [0.5, 0.6) is 11.5 Å². The van der Waals surface area contributed by atoms with Crippen LogP contribution >= 0.6 is 0 Å². The fourth-order valence-corrected chi connectivity index (χ4v) is 4.35. The van der Waals surface area contributed by atoms with Gasteiger partial charge in [0.1, 0.15) is 29.7 Å². The maximum atomic E-state index is 14.2. The van der Waals surface area contributed by atoms with Crippen molar-refractivity contribution in [3.63, 3.8) is 0 Å². The lowest BCUT2D eigenvalue weighted by atomic mass is 9.92. The molecule has 2 aromatic heterocycles. The molecule has 3 aromatic carbocycles. The molecule has 0 atom stereocenters. The Bertz CT molecular complexity index is 1770. The number of halogens is 1. The van der Waals surface area contributed by atoms with E-state index >= 15 is 0 Å². The van der Waals surface area contributed by atoms with Gasteiger partial charge in [-0.05, 0) is 55.5 Å². The molecule has 10 nitrogen and oxygen atoms in total. The van der Waals surface area contributed by atoms with Crippen molar-refractivity contribution in [2.24, 2.45) is 0 Å². The van der Waals surface area contributed by atoms with Crippen LogP contribution in [0.2, 0.25) is 0 Å². The molecule has 216 valence electrons. The predicted molar refractivity (Wildman–Crippen MR) is 157 cm³/mol. The summed E-state index contributed by atoms with van der Waals surface area (Å²) < 4.78 is 23.3. The Kier molecular flexibility index (Phi) is 7.66. The first-order valence-electron chi connectivity index (χ1n) is 13.3. The van der Waals surface area contributed by atoms with Gasteiger partial charge in [-0.25, -0.2) is 13.9 Å². The number of carboxylic acid groups (broad SMARTS) is 1. The van der Waals surface area contributed by atoms with E-state index < -0.39 is 17.8 Å². The maximum Gasteiger partial charge on any atom is 0.325 e. The smallest absolute Gasteiger partial charge is 0.325 e. The number of rotatable bonds is 8. The first-order valence-corrected chi connectivity index (χ1v) is 13.3. The van der Waals surface area contributed by atoms with Gasteiger partial charge in [0.15, 0.2) is 0 Å². The Hall–Kier alpha value is -5.19. The second kappa shape index (κ2) is 11.4. The molecule has 3 N–H and O–H groups in total. The van der Waals surface area contributed by atoms with Crippen LogP contribution in [0, 0.1) is 12.7 Å². The van der Waals surface area contributed by atoms with E-state index in [0.717, 1.165) is 16.9 Å². The van der Waals surface area contributed by atoms with E-state index in [1.54, 1.807) is 29.1 Å². The number of carbonyl (C=O) groups excluding carboxylic acids is 1. The third-order valence-corrected chi connectivity index (χ3v) is 6.59. The zero-order valence-electron chi connectivity index (χ0n) is 23.7. The van der Waals surface area contributed by atoms with Gasteiger partial charge in [-0.1, -0.05) is 38.5 Å². The Morgan fingerprint density at radius 3 is 2.50 bits per heavy atom. The predicted octanol–water partition coefficient (Wildman–Crippen LogP) is 6.17. The molecule has 0 spiro atoms. The lowest BCUT2D eigenvalue weighted by Gasteiger charge is -2.14. The number of fused-ring (bicyclic) bond motifs is 1. The number of aromatic nitrogens is 4. The van der Waals surface area contributed by atoms with E-state index in [9.17, 15) is 14.0 Å². The van der Waals surface area contributed by atoms with Crippen LogP contribution in [0.15, 0.2) is 72.9 Å². The van der Waals surface area contributed by atoms with Crippen molar-refractivity contribution in [2.75, 3.05) is 5.32 Å². The van der Waals surface area contributed by atoms with Gasteiger partial charge in [-0.2, -0.15) is 10.2 Å². The molecule has 5 aromatic rings. The number of carboxylic acids is 1. The van der Waals surface area contributed by atoms with Gasteiger partial charge in [0.2, 0.25) is 0 Å². The number of nitrogens with zero attached hydrogens (tertiary/aromatic N) is 4. The fourth-order valence-electron chi connectivity index (χ4n) is 4.35. The summed E-state index contributed by atoms with van der Waals surface area (Å²) in [5, 5.41) is 24.3. The van der Waals surface area contributed by atoms with Crippen molar-refractivity contribution < 1.29 is 23.8 Å². The number of amides is 2. The number of urea groups is 1. The molecule has 2 heterocycles. The van der Waals surface area contributed by atoms with Gasteiger partial charge in [0.05, 0.1) is 23.1 Å². The van der Waals surface area contributed by atoms with Gasteiger partial charge in [0.25, 0.3) is 0 Å². The van der Waals surface area contributed by atoms with Crippen molar-refractivity contribution in [3.8, 4) is 17.2 Å². The molecule has 0 radical (unpaired) electrons. The van der Waals surface area contributed by atoms with E-state index in [-0.39, 0.29) is 18.5 Å². The minimum atomic E-state index is -0.998. The largest absolute Gasteiger partial charge is 0.480 e. The second-order valence-electron chi connectivity index (χ2n) is 11.0. The average Bonchev–Trinajstić information content (AvgIpc) is 3.53. The summed E-state index contributed by atoms with van der Waals surface area (Å²) in [5.41, 5.74) is 3.54. The van der Waals surface area contributed by atoms with Crippen molar-refractivity contribution >= 4 is 28.7 Å². The molecule has 42 heavy (non-hydrogen) atoms. The van der Waals surface area contributed by atoms with E-state index in [4.69, 9.17) is 14.9 Å². The average molecular weight is 571 g/mol. The number of ether oxygens (including phenoxy) is 1. The van der Waals surface area contributed by atoms with Crippen LogP contribution in [0.3, 0.4) is 0 Å². The summed E-state index contributed by atoms with van der Waals surface area (Å²) in [5.74, 6) is -0.173. The Balaban J connectivity index is 1.32. The minimum absolute atomic E-state index is 0.0114. The molecule has 5 rings (SSSR count). The highest BCUT2D eigenvalue weighted by Crippen LogP contribution is 2.30. The molecular formula is C31H31FN6O4. The van der Waals surface area contributed by atoms with Crippen molar-refractivity contribution in [1.82, 2.24) is 24.9 Å². The van der Waals surface area contributed by atoms with E-state index in [2.05, 4.69) is 15.7 Å². The molecule has 0 aliphatic heterocycles. The Morgan fingerprint density at radius 1 is 1.02 bits per heavy atom. The highest BCUT2D eigenvalue weighted by molar-refractivity contribution is 5.88. The standard InChI is InChI=1S/C31H31FN6O4/c1-19-5-8-23(9-6-19)38-28(15-27(36-38)31(2,3)4)35-30(41)33-16-21-13-22(32)7-12-26(21)42-24-10-11-25-20(14-24)17-34-37(25)18-29(39)40/h5-15,17H,16,18H2,1-4H3,(H,39,40)(H2,33,35,41). The van der Waals surface area contributed by atoms with Gasteiger partial charge >= 0.3 is 12.0 Å². The molecule has 0 fully saturated rings. The zero-order chi connectivity index (χ0) is 30.0.